The Morgan fingerprint density at radius 3 is 2.67 bits per heavy atom. The standard InChI is InChI=1S/C9H8F2N2O5/c1-2-18-9(15)4-3-5(13(16)17)8(14)12-6(4)7(10)11/h3,7H,2H2,1H3,(H,12,14). The lowest BCUT2D eigenvalue weighted by atomic mass is 10.2. The Balaban J connectivity index is 3.45. The summed E-state index contributed by atoms with van der Waals surface area (Å²) in [6.07, 6.45) is -3.15. The predicted octanol–water partition coefficient (Wildman–Crippen LogP) is 1.40. The minimum atomic E-state index is -3.15. The Morgan fingerprint density at radius 1 is 1.61 bits per heavy atom. The molecule has 0 radical (unpaired) electrons. The van der Waals surface area contributed by atoms with Crippen molar-refractivity contribution in [1.82, 2.24) is 4.98 Å². The molecule has 0 aromatic carbocycles. The Morgan fingerprint density at radius 2 is 2.22 bits per heavy atom. The van der Waals surface area contributed by atoms with Crippen LogP contribution in [0.3, 0.4) is 0 Å². The van der Waals surface area contributed by atoms with Gasteiger partial charge in [0.1, 0.15) is 0 Å². The summed E-state index contributed by atoms with van der Waals surface area (Å²) in [5, 5.41) is 10.5. The fraction of sp³-hybridized carbons (Fsp3) is 0.333. The molecule has 0 spiro atoms. The minimum absolute atomic E-state index is 0.0889. The maximum atomic E-state index is 12.6. The highest BCUT2D eigenvalue weighted by molar-refractivity contribution is 5.91. The second kappa shape index (κ2) is 5.34. The number of carbonyl (C=O) groups is 1. The van der Waals surface area contributed by atoms with Crippen molar-refractivity contribution in [2.24, 2.45) is 0 Å². The number of nitro groups is 1. The molecule has 1 N–H and O–H groups in total. The molecule has 98 valence electrons. The molecule has 7 nitrogen and oxygen atoms in total. The first-order valence-corrected chi connectivity index (χ1v) is 4.75. The Hall–Kier alpha value is -2.32. The highest BCUT2D eigenvalue weighted by atomic mass is 19.3. The van der Waals surface area contributed by atoms with E-state index in [9.17, 15) is 28.5 Å². The van der Waals surface area contributed by atoms with E-state index in [0.29, 0.717) is 6.07 Å². The number of rotatable bonds is 4. The van der Waals surface area contributed by atoms with Crippen LogP contribution in [0.1, 0.15) is 29.4 Å². The highest BCUT2D eigenvalue weighted by Crippen LogP contribution is 2.22. The Labute approximate surface area is 98.5 Å². The number of H-pyrrole nitrogens is 1. The molecule has 0 saturated heterocycles. The zero-order valence-electron chi connectivity index (χ0n) is 9.11. The normalized spacial score (nSPS) is 10.4. The van der Waals surface area contributed by atoms with Crippen LogP contribution in [0.4, 0.5) is 14.5 Å². The summed E-state index contributed by atoms with van der Waals surface area (Å²) >= 11 is 0. The lowest BCUT2D eigenvalue weighted by Gasteiger charge is -2.07. The van der Waals surface area contributed by atoms with Crippen LogP contribution >= 0.6 is 0 Å². The summed E-state index contributed by atoms with van der Waals surface area (Å²) < 4.78 is 29.7. The SMILES string of the molecule is CCOC(=O)c1cc([N+](=O)[O-])c(=O)[nH]c1C(F)F. The summed E-state index contributed by atoms with van der Waals surface area (Å²) in [5.74, 6) is -1.16. The molecule has 1 aromatic rings. The monoisotopic (exact) mass is 262 g/mol. The maximum absolute atomic E-state index is 12.6. The molecule has 18 heavy (non-hydrogen) atoms. The molecule has 1 aromatic heterocycles. The quantitative estimate of drug-likeness (QED) is 0.502. The number of carbonyl (C=O) groups excluding carboxylic acids is 1. The molecule has 0 bridgehead atoms. The van der Waals surface area contributed by atoms with Crippen molar-refractivity contribution >= 4 is 11.7 Å². The van der Waals surface area contributed by atoms with Crippen molar-refractivity contribution in [2.75, 3.05) is 6.61 Å². The van der Waals surface area contributed by atoms with Gasteiger partial charge in [0.05, 0.1) is 22.8 Å². The molecule has 0 atom stereocenters. The van der Waals surface area contributed by atoms with Crippen LogP contribution in [0.5, 0.6) is 0 Å². The lowest BCUT2D eigenvalue weighted by Crippen LogP contribution is -2.19. The van der Waals surface area contributed by atoms with E-state index in [4.69, 9.17) is 0 Å². The number of nitrogens with zero attached hydrogens (tertiary/aromatic N) is 1. The van der Waals surface area contributed by atoms with Crippen LogP contribution in [0, 0.1) is 10.1 Å². The van der Waals surface area contributed by atoms with Crippen molar-refractivity contribution in [2.45, 2.75) is 13.3 Å². The third-order valence-electron chi connectivity index (χ3n) is 1.96. The van der Waals surface area contributed by atoms with Gasteiger partial charge in [-0.2, -0.15) is 0 Å². The van der Waals surface area contributed by atoms with Gasteiger partial charge in [-0.15, -0.1) is 0 Å². The van der Waals surface area contributed by atoms with E-state index in [0.717, 1.165) is 0 Å². The average molecular weight is 262 g/mol. The maximum Gasteiger partial charge on any atom is 0.340 e. The highest BCUT2D eigenvalue weighted by Gasteiger charge is 2.26. The Kier molecular flexibility index (Phi) is 4.08. The fourth-order valence-electron chi connectivity index (χ4n) is 1.22. The molecule has 0 aliphatic heterocycles. The number of nitrogens with one attached hydrogen (secondary N) is 1. The summed E-state index contributed by atoms with van der Waals surface area (Å²) in [6, 6.07) is 0.484. The Bertz CT molecular complexity index is 540. The number of hydrogen-bond donors (Lipinski definition) is 1. The van der Waals surface area contributed by atoms with E-state index in [2.05, 4.69) is 4.74 Å². The fourth-order valence-corrected chi connectivity index (χ4v) is 1.22. The molecular formula is C9H8F2N2O5. The van der Waals surface area contributed by atoms with Gasteiger partial charge in [-0.05, 0) is 6.92 Å². The second-order valence-corrected chi connectivity index (χ2v) is 3.09. The van der Waals surface area contributed by atoms with Crippen LogP contribution in [-0.4, -0.2) is 22.5 Å². The molecule has 0 saturated carbocycles. The number of ether oxygens (including phenoxy) is 1. The van der Waals surface area contributed by atoms with Crippen LogP contribution in [0.25, 0.3) is 0 Å². The number of aromatic nitrogens is 1. The lowest BCUT2D eigenvalue weighted by molar-refractivity contribution is -0.386. The molecule has 1 heterocycles. The third-order valence-corrected chi connectivity index (χ3v) is 1.96. The number of aromatic amines is 1. The number of hydrogen-bond acceptors (Lipinski definition) is 5. The van der Waals surface area contributed by atoms with E-state index in [-0.39, 0.29) is 6.61 Å². The molecule has 9 heteroatoms. The van der Waals surface area contributed by atoms with Gasteiger partial charge < -0.3 is 9.72 Å². The molecule has 0 fully saturated rings. The molecule has 0 unspecified atom stereocenters. The van der Waals surface area contributed by atoms with Crippen molar-refractivity contribution in [3.63, 3.8) is 0 Å². The van der Waals surface area contributed by atoms with Crippen molar-refractivity contribution in [3.8, 4) is 0 Å². The number of pyridine rings is 1. The summed E-state index contributed by atoms with van der Waals surface area (Å²) in [5.41, 5.74) is -4.02. The topological polar surface area (TPSA) is 102 Å². The van der Waals surface area contributed by atoms with E-state index >= 15 is 0 Å². The minimum Gasteiger partial charge on any atom is -0.462 e. The number of halogens is 2. The van der Waals surface area contributed by atoms with Gasteiger partial charge in [-0.25, -0.2) is 13.6 Å². The van der Waals surface area contributed by atoms with Crippen LogP contribution in [-0.2, 0) is 4.74 Å². The van der Waals surface area contributed by atoms with Gasteiger partial charge in [0.2, 0.25) is 0 Å². The van der Waals surface area contributed by atoms with E-state index in [1.54, 1.807) is 4.98 Å². The molecular weight excluding hydrogens is 254 g/mol. The molecule has 0 aliphatic rings. The smallest absolute Gasteiger partial charge is 0.340 e. The summed E-state index contributed by atoms with van der Waals surface area (Å²) in [7, 11) is 0. The van der Waals surface area contributed by atoms with Crippen LogP contribution in [0.15, 0.2) is 10.9 Å². The van der Waals surface area contributed by atoms with Gasteiger partial charge >= 0.3 is 17.2 Å². The van der Waals surface area contributed by atoms with E-state index in [1.807, 2.05) is 0 Å². The van der Waals surface area contributed by atoms with Crippen LogP contribution < -0.4 is 5.56 Å². The van der Waals surface area contributed by atoms with Gasteiger partial charge in [-0.3, -0.25) is 14.9 Å². The van der Waals surface area contributed by atoms with Gasteiger partial charge in [-0.1, -0.05) is 0 Å². The van der Waals surface area contributed by atoms with E-state index in [1.165, 1.54) is 6.92 Å². The number of esters is 1. The van der Waals surface area contributed by atoms with Crippen molar-refractivity contribution in [3.05, 3.63) is 37.8 Å². The van der Waals surface area contributed by atoms with Gasteiger partial charge in [0, 0.05) is 6.07 Å². The summed E-state index contributed by atoms with van der Waals surface area (Å²) in [6.45, 7) is 1.36. The van der Waals surface area contributed by atoms with Crippen LogP contribution in [0.2, 0.25) is 0 Å². The average Bonchev–Trinajstić information content (AvgIpc) is 2.28. The van der Waals surface area contributed by atoms with Crippen molar-refractivity contribution < 1.29 is 23.2 Å². The molecule has 1 rings (SSSR count). The number of alkyl halides is 2. The van der Waals surface area contributed by atoms with Crippen molar-refractivity contribution in [1.29, 1.82) is 0 Å². The van der Waals surface area contributed by atoms with E-state index < -0.39 is 39.8 Å². The first kappa shape index (κ1) is 13.7. The first-order valence-electron chi connectivity index (χ1n) is 4.75. The second-order valence-electron chi connectivity index (χ2n) is 3.09. The largest absolute Gasteiger partial charge is 0.462 e. The molecule has 0 amide bonds. The van der Waals surface area contributed by atoms with Gasteiger partial charge in [0.15, 0.2) is 0 Å². The zero-order chi connectivity index (χ0) is 13.9. The predicted molar refractivity (Wildman–Crippen MR) is 54.6 cm³/mol. The molecule has 0 aliphatic carbocycles. The first-order chi connectivity index (χ1) is 8.38. The third kappa shape index (κ3) is 2.67. The zero-order valence-corrected chi connectivity index (χ0v) is 9.11. The van der Waals surface area contributed by atoms with Gasteiger partial charge in [0.25, 0.3) is 6.43 Å². The summed E-state index contributed by atoms with van der Waals surface area (Å²) in [4.78, 5) is 33.5.